The number of nitrogens with zero attached hydrogens (tertiary/aromatic N) is 1. The average Bonchev–Trinajstić information content (AvgIpc) is 2.92. The maximum Gasteiger partial charge on any atom is 0.181 e. The number of methoxy groups -OCH3 is 2. The van der Waals surface area contributed by atoms with Gasteiger partial charge in [-0.3, -0.25) is 0 Å². The maximum atomic E-state index is 5.47. The minimum atomic E-state index is 0.645. The number of hydrogen-bond acceptors (Lipinski definition) is 5. The Bertz CT molecular complexity index is 511. The highest BCUT2D eigenvalue weighted by molar-refractivity contribution is 5.61. The molecule has 0 radical (unpaired) electrons. The molecule has 1 aromatic heterocycles. The molecule has 2 rings (SSSR count). The first-order chi connectivity index (χ1) is 9.35. The van der Waals surface area contributed by atoms with Gasteiger partial charge in [-0.25, -0.2) is 4.98 Å². The number of aromatic nitrogens is 1. The van der Waals surface area contributed by atoms with E-state index < -0.39 is 0 Å². The Balaban J connectivity index is 2.09. The molecule has 102 valence electrons. The zero-order chi connectivity index (χ0) is 13.5. The van der Waals surface area contributed by atoms with Crippen LogP contribution in [0, 0.1) is 0 Å². The molecule has 1 aromatic carbocycles. The van der Waals surface area contributed by atoms with Gasteiger partial charge in [-0.15, -0.1) is 0 Å². The Hall–Kier alpha value is -1.85. The third-order valence-electron chi connectivity index (χ3n) is 2.75. The van der Waals surface area contributed by atoms with Crippen molar-refractivity contribution in [1.82, 2.24) is 10.3 Å². The smallest absolute Gasteiger partial charge is 0.181 e. The van der Waals surface area contributed by atoms with E-state index in [9.17, 15) is 0 Å². The summed E-state index contributed by atoms with van der Waals surface area (Å²) in [7, 11) is 3.33. The van der Waals surface area contributed by atoms with Gasteiger partial charge < -0.3 is 19.2 Å². The fraction of sp³-hybridized carbons (Fsp3) is 0.357. The summed E-state index contributed by atoms with van der Waals surface area (Å²) in [6.07, 6.45) is 1.46. The highest BCUT2D eigenvalue weighted by Crippen LogP contribution is 2.26. The van der Waals surface area contributed by atoms with Crippen LogP contribution in [0.2, 0.25) is 0 Å². The molecule has 0 aliphatic rings. The third kappa shape index (κ3) is 3.56. The SMILES string of the molecule is COCCNCc1ncoc1-c1cccc(OC)c1. The molecule has 19 heavy (non-hydrogen) atoms. The van der Waals surface area contributed by atoms with E-state index in [0.29, 0.717) is 13.2 Å². The molecular weight excluding hydrogens is 244 g/mol. The van der Waals surface area contributed by atoms with Crippen LogP contribution in [0.1, 0.15) is 5.69 Å². The second-order valence-electron chi connectivity index (χ2n) is 4.03. The van der Waals surface area contributed by atoms with Crippen LogP contribution < -0.4 is 10.1 Å². The lowest BCUT2D eigenvalue weighted by atomic mass is 10.1. The van der Waals surface area contributed by atoms with Crippen molar-refractivity contribution in [3.63, 3.8) is 0 Å². The standard InChI is InChI=1S/C14H18N2O3/c1-17-7-6-15-9-13-14(19-10-16-13)11-4-3-5-12(8-11)18-2/h3-5,8,10,15H,6-7,9H2,1-2H3. The van der Waals surface area contributed by atoms with Crippen LogP contribution in [-0.4, -0.2) is 32.4 Å². The van der Waals surface area contributed by atoms with Gasteiger partial charge in [-0.2, -0.15) is 0 Å². The Morgan fingerprint density at radius 1 is 1.32 bits per heavy atom. The van der Waals surface area contributed by atoms with Crippen LogP contribution in [0.4, 0.5) is 0 Å². The first-order valence-corrected chi connectivity index (χ1v) is 6.11. The first kappa shape index (κ1) is 13.6. The molecule has 5 nitrogen and oxygen atoms in total. The number of oxazole rings is 1. The number of ether oxygens (including phenoxy) is 2. The summed E-state index contributed by atoms with van der Waals surface area (Å²) in [5, 5.41) is 3.25. The highest BCUT2D eigenvalue weighted by Gasteiger charge is 2.10. The van der Waals surface area contributed by atoms with E-state index in [2.05, 4.69) is 10.3 Å². The molecule has 0 atom stereocenters. The van der Waals surface area contributed by atoms with Gasteiger partial charge in [0.15, 0.2) is 12.2 Å². The predicted octanol–water partition coefficient (Wildman–Crippen LogP) is 2.09. The largest absolute Gasteiger partial charge is 0.497 e. The van der Waals surface area contributed by atoms with E-state index in [1.165, 1.54) is 6.39 Å². The normalized spacial score (nSPS) is 10.6. The van der Waals surface area contributed by atoms with Gasteiger partial charge >= 0.3 is 0 Å². The lowest BCUT2D eigenvalue weighted by Gasteiger charge is -2.05. The van der Waals surface area contributed by atoms with Gasteiger partial charge in [0.1, 0.15) is 11.4 Å². The van der Waals surface area contributed by atoms with Crippen molar-refractivity contribution < 1.29 is 13.9 Å². The maximum absolute atomic E-state index is 5.47. The van der Waals surface area contributed by atoms with Crippen molar-refractivity contribution in [2.75, 3.05) is 27.4 Å². The molecule has 0 aliphatic heterocycles. The van der Waals surface area contributed by atoms with Crippen molar-refractivity contribution in [3.05, 3.63) is 36.4 Å². The van der Waals surface area contributed by atoms with Crippen molar-refractivity contribution in [2.24, 2.45) is 0 Å². The quantitative estimate of drug-likeness (QED) is 0.774. The minimum absolute atomic E-state index is 0.645. The monoisotopic (exact) mass is 262 g/mol. The van der Waals surface area contributed by atoms with Gasteiger partial charge in [0.25, 0.3) is 0 Å². The van der Waals surface area contributed by atoms with E-state index >= 15 is 0 Å². The van der Waals surface area contributed by atoms with E-state index in [0.717, 1.165) is 29.3 Å². The molecule has 0 saturated heterocycles. The van der Waals surface area contributed by atoms with Crippen LogP contribution >= 0.6 is 0 Å². The summed E-state index contributed by atoms with van der Waals surface area (Å²) in [4.78, 5) is 4.23. The molecule has 0 amide bonds. The summed E-state index contributed by atoms with van der Waals surface area (Å²) in [5.74, 6) is 1.57. The van der Waals surface area contributed by atoms with Gasteiger partial charge in [0, 0.05) is 25.8 Å². The predicted molar refractivity (Wildman–Crippen MR) is 72.1 cm³/mol. The molecule has 0 saturated carbocycles. The number of nitrogens with one attached hydrogen (secondary N) is 1. The Labute approximate surface area is 112 Å². The van der Waals surface area contributed by atoms with Crippen molar-refractivity contribution in [2.45, 2.75) is 6.54 Å². The molecule has 0 fully saturated rings. The fourth-order valence-electron chi connectivity index (χ4n) is 1.78. The van der Waals surface area contributed by atoms with Crippen LogP contribution in [-0.2, 0) is 11.3 Å². The van der Waals surface area contributed by atoms with Gasteiger partial charge in [0.05, 0.1) is 13.7 Å². The molecule has 0 aliphatic carbocycles. The number of rotatable bonds is 7. The van der Waals surface area contributed by atoms with E-state index in [1.54, 1.807) is 14.2 Å². The van der Waals surface area contributed by atoms with Gasteiger partial charge in [-0.05, 0) is 12.1 Å². The average molecular weight is 262 g/mol. The van der Waals surface area contributed by atoms with Crippen molar-refractivity contribution in [3.8, 4) is 17.1 Å². The summed E-state index contributed by atoms with van der Waals surface area (Å²) >= 11 is 0. The molecule has 0 unspecified atom stereocenters. The summed E-state index contributed by atoms with van der Waals surface area (Å²) in [6.45, 7) is 2.10. The van der Waals surface area contributed by atoms with E-state index in [1.807, 2.05) is 24.3 Å². The van der Waals surface area contributed by atoms with Gasteiger partial charge in [-0.1, -0.05) is 12.1 Å². The van der Waals surface area contributed by atoms with E-state index in [4.69, 9.17) is 13.9 Å². The molecule has 1 heterocycles. The first-order valence-electron chi connectivity index (χ1n) is 6.11. The molecule has 2 aromatic rings. The lowest BCUT2D eigenvalue weighted by Crippen LogP contribution is -2.19. The van der Waals surface area contributed by atoms with Crippen LogP contribution in [0.5, 0.6) is 5.75 Å². The molecular formula is C14H18N2O3. The summed E-state index contributed by atoms with van der Waals surface area (Å²) in [5.41, 5.74) is 1.84. The number of benzene rings is 1. The zero-order valence-electron chi connectivity index (χ0n) is 11.2. The van der Waals surface area contributed by atoms with Crippen molar-refractivity contribution in [1.29, 1.82) is 0 Å². The summed E-state index contributed by atoms with van der Waals surface area (Å²) in [6, 6.07) is 7.73. The summed E-state index contributed by atoms with van der Waals surface area (Å²) < 4.78 is 15.7. The van der Waals surface area contributed by atoms with E-state index in [-0.39, 0.29) is 0 Å². The molecule has 0 spiro atoms. The Morgan fingerprint density at radius 3 is 3.00 bits per heavy atom. The molecule has 1 N–H and O–H groups in total. The Kier molecular flexibility index (Phi) is 4.94. The highest BCUT2D eigenvalue weighted by atomic mass is 16.5. The second kappa shape index (κ2) is 6.92. The second-order valence-corrected chi connectivity index (χ2v) is 4.03. The number of hydrogen-bond donors (Lipinski definition) is 1. The Morgan fingerprint density at radius 2 is 2.21 bits per heavy atom. The van der Waals surface area contributed by atoms with Crippen molar-refractivity contribution >= 4 is 0 Å². The molecule has 0 bridgehead atoms. The fourth-order valence-corrected chi connectivity index (χ4v) is 1.78. The molecule has 5 heteroatoms. The van der Waals surface area contributed by atoms with Crippen LogP contribution in [0.25, 0.3) is 11.3 Å². The minimum Gasteiger partial charge on any atom is -0.497 e. The topological polar surface area (TPSA) is 56.5 Å². The van der Waals surface area contributed by atoms with Crippen LogP contribution in [0.15, 0.2) is 35.1 Å². The lowest BCUT2D eigenvalue weighted by molar-refractivity contribution is 0.199. The zero-order valence-corrected chi connectivity index (χ0v) is 11.2. The third-order valence-corrected chi connectivity index (χ3v) is 2.75. The van der Waals surface area contributed by atoms with Crippen LogP contribution in [0.3, 0.4) is 0 Å². The van der Waals surface area contributed by atoms with Gasteiger partial charge in [0.2, 0.25) is 0 Å².